The summed E-state index contributed by atoms with van der Waals surface area (Å²) < 4.78 is 28.1. The zero-order valence-corrected chi connectivity index (χ0v) is 16.5. The second kappa shape index (κ2) is 8.75. The van der Waals surface area contributed by atoms with Crippen LogP contribution in [-0.2, 0) is 31.8 Å². The summed E-state index contributed by atoms with van der Waals surface area (Å²) in [5.74, 6) is 0.0402. The Labute approximate surface area is 169 Å². The van der Waals surface area contributed by atoms with Crippen molar-refractivity contribution < 1.29 is 27.5 Å². The van der Waals surface area contributed by atoms with Gasteiger partial charge in [0.15, 0.2) is 0 Å². The molecule has 0 aromatic carbocycles. The molecule has 3 unspecified atom stereocenters. The van der Waals surface area contributed by atoms with Crippen LogP contribution >= 0.6 is 0 Å². The van der Waals surface area contributed by atoms with Gasteiger partial charge >= 0.3 is 6.03 Å². The second-order valence-corrected chi connectivity index (χ2v) is 8.09. The number of hydrogen-bond donors (Lipinski definition) is 2. The highest BCUT2D eigenvalue weighted by atomic mass is 32.2. The van der Waals surface area contributed by atoms with Crippen LogP contribution < -0.4 is 10.8 Å². The monoisotopic (exact) mass is 427 g/mol. The largest absolute Gasteiger partial charge is 0.748 e. The van der Waals surface area contributed by atoms with E-state index in [0.717, 1.165) is 24.6 Å². The van der Waals surface area contributed by atoms with Crippen molar-refractivity contribution in [3.8, 4) is 0 Å². The lowest BCUT2D eigenvalue weighted by Crippen LogP contribution is -2.50. The molecule has 4 heterocycles. The average molecular weight is 427 g/mol. The van der Waals surface area contributed by atoms with Gasteiger partial charge in [-0.1, -0.05) is 0 Å². The highest BCUT2D eigenvalue weighted by molar-refractivity contribution is 7.74. The molecule has 0 spiro atoms. The van der Waals surface area contributed by atoms with Gasteiger partial charge in [-0.15, -0.1) is 0 Å². The molecule has 3 saturated heterocycles. The van der Waals surface area contributed by atoms with Gasteiger partial charge in [-0.3, -0.25) is 9.63 Å². The van der Waals surface area contributed by atoms with E-state index in [2.05, 4.69) is 20.1 Å². The first-order chi connectivity index (χ1) is 14.0. The van der Waals surface area contributed by atoms with E-state index in [-0.39, 0.29) is 18.6 Å². The Morgan fingerprint density at radius 2 is 2.31 bits per heavy atom. The van der Waals surface area contributed by atoms with Gasteiger partial charge in [-0.2, -0.15) is 9.35 Å². The quantitative estimate of drug-likeness (QED) is 0.394. The number of nitrogens with zero attached hydrogens (tertiary/aromatic N) is 4. The van der Waals surface area contributed by atoms with Gasteiger partial charge in [0, 0.05) is 38.1 Å². The summed E-state index contributed by atoms with van der Waals surface area (Å²) in [6.07, 6.45) is 7.27. The van der Waals surface area contributed by atoms with Crippen LogP contribution in [0.5, 0.6) is 0 Å². The van der Waals surface area contributed by atoms with Crippen molar-refractivity contribution in [2.75, 3.05) is 19.7 Å². The smallest absolute Gasteiger partial charge is 0.346 e. The topological polar surface area (TPSA) is 141 Å². The number of carbonyl (C=O) groups excluding carboxylic acids is 2. The lowest BCUT2D eigenvalue weighted by molar-refractivity contribution is -0.139. The highest BCUT2D eigenvalue weighted by Gasteiger charge is 2.48. The van der Waals surface area contributed by atoms with E-state index < -0.39 is 29.3 Å². The van der Waals surface area contributed by atoms with Crippen LogP contribution in [0.25, 0.3) is 0 Å². The summed E-state index contributed by atoms with van der Waals surface area (Å²) in [5.41, 5.74) is 2.43. The minimum atomic E-state index is -2.84. The number of hydrogen-bond acceptors (Lipinski definition) is 8. The molecule has 4 rings (SSSR count). The van der Waals surface area contributed by atoms with Crippen LogP contribution in [0.4, 0.5) is 4.79 Å². The normalized spacial score (nSPS) is 30.0. The summed E-state index contributed by atoms with van der Waals surface area (Å²) in [7, 11) is 0. The summed E-state index contributed by atoms with van der Waals surface area (Å²) in [4.78, 5) is 35.5. The van der Waals surface area contributed by atoms with Crippen LogP contribution in [0.3, 0.4) is 0 Å². The summed E-state index contributed by atoms with van der Waals surface area (Å²) in [6, 6.07) is -1.58. The number of piperidine rings is 1. The Kier molecular flexibility index (Phi) is 6.10. The first-order valence-corrected chi connectivity index (χ1v) is 10.5. The Morgan fingerprint density at radius 1 is 1.45 bits per heavy atom. The predicted octanol–water partition coefficient (Wildman–Crippen LogP) is -1.10. The van der Waals surface area contributed by atoms with E-state index >= 15 is 0 Å². The molecule has 5 atom stereocenters. The standard InChI is InChI=1S/C16H24N6O6S/c23-15(14-2-1-13-8-21(14)16(24)22(13)28-29(25)26)19-27-9-12-5-11(6-18-12)7-20-4-3-17-10-20/h3-4,10-14,18H,1-2,5-9H2,(H,19,23)(H,25,26)/p-1/t11-,12-,13?,14?/m0/s1. The molecule has 2 N–H and O–H groups in total. The number of aromatic nitrogens is 2. The van der Waals surface area contributed by atoms with E-state index in [4.69, 9.17) is 4.84 Å². The van der Waals surface area contributed by atoms with Crippen molar-refractivity contribution in [1.29, 1.82) is 0 Å². The van der Waals surface area contributed by atoms with Gasteiger partial charge in [-0.05, 0) is 25.2 Å². The molecule has 0 radical (unpaired) electrons. The predicted molar refractivity (Wildman–Crippen MR) is 97.0 cm³/mol. The number of imidazole rings is 1. The maximum absolute atomic E-state index is 12.5. The first kappa shape index (κ1) is 20.2. The Bertz CT molecular complexity index is 763. The van der Waals surface area contributed by atoms with Crippen molar-refractivity contribution in [1.82, 2.24) is 30.3 Å². The molecule has 0 aliphatic carbocycles. The maximum Gasteiger partial charge on any atom is 0.346 e. The molecule has 2 bridgehead atoms. The molecule has 1 aromatic rings. The third-order valence-corrected chi connectivity index (χ3v) is 5.85. The molecule has 0 saturated carbocycles. The molecule has 3 fully saturated rings. The number of fused-ring (bicyclic) bond motifs is 2. The Hall–Kier alpha value is -2.06. The van der Waals surface area contributed by atoms with Crippen molar-refractivity contribution in [3.63, 3.8) is 0 Å². The SMILES string of the molecule is O=C(NOC[C@@H]1C[C@H](Cn2ccnc2)CN1)C1CCC2CN1C(=O)N2OS(=O)[O-]. The third kappa shape index (κ3) is 4.59. The molecule has 12 nitrogen and oxygen atoms in total. The van der Waals surface area contributed by atoms with Gasteiger partial charge in [-0.25, -0.2) is 19.5 Å². The number of nitrogens with one attached hydrogen (secondary N) is 2. The van der Waals surface area contributed by atoms with Crippen molar-refractivity contribution in [2.24, 2.45) is 5.92 Å². The van der Waals surface area contributed by atoms with Gasteiger partial charge < -0.3 is 19.3 Å². The number of urea groups is 1. The van der Waals surface area contributed by atoms with Gasteiger partial charge in [0.25, 0.3) is 5.91 Å². The molecule has 1 aromatic heterocycles. The van der Waals surface area contributed by atoms with Crippen LogP contribution in [-0.4, -0.2) is 78.0 Å². The fraction of sp³-hybridized carbons (Fsp3) is 0.688. The van der Waals surface area contributed by atoms with Crippen LogP contribution in [0, 0.1) is 5.92 Å². The zero-order chi connectivity index (χ0) is 20.4. The lowest BCUT2D eigenvalue weighted by Gasteiger charge is -2.29. The number of carbonyl (C=O) groups is 2. The van der Waals surface area contributed by atoms with E-state index in [1.807, 2.05) is 10.8 Å². The molecule has 3 aliphatic heterocycles. The summed E-state index contributed by atoms with van der Waals surface area (Å²) in [5, 5.41) is 4.19. The molecular formula is C16H23N6O6S-. The number of hydroxylamine groups is 3. The number of amides is 3. The van der Waals surface area contributed by atoms with Gasteiger partial charge in [0.05, 0.1) is 19.0 Å². The average Bonchev–Trinajstić information content (AvgIpc) is 3.41. The minimum absolute atomic E-state index is 0.129. The molecule has 3 amide bonds. The third-order valence-electron chi connectivity index (χ3n) is 5.57. The first-order valence-electron chi connectivity index (χ1n) is 9.49. The second-order valence-electron chi connectivity index (χ2n) is 7.53. The zero-order valence-electron chi connectivity index (χ0n) is 15.6. The van der Waals surface area contributed by atoms with Crippen molar-refractivity contribution in [3.05, 3.63) is 18.7 Å². The highest BCUT2D eigenvalue weighted by Crippen LogP contribution is 2.30. The molecule has 29 heavy (non-hydrogen) atoms. The lowest BCUT2D eigenvalue weighted by atomic mass is 10.0. The summed E-state index contributed by atoms with van der Waals surface area (Å²) in [6.45, 7) is 2.31. The van der Waals surface area contributed by atoms with E-state index in [9.17, 15) is 18.4 Å². The van der Waals surface area contributed by atoms with Crippen molar-refractivity contribution in [2.45, 2.75) is 43.9 Å². The fourth-order valence-corrected chi connectivity index (χ4v) is 4.53. The van der Waals surface area contributed by atoms with Crippen molar-refractivity contribution >= 4 is 23.3 Å². The van der Waals surface area contributed by atoms with Crippen LogP contribution in [0.2, 0.25) is 0 Å². The minimum Gasteiger partial charge on any atom is -0.748 e. The number of rotatable bonds is 8. The van der Waals surface area contributed by atoms with E-state index in [0.29, 0.717) is 25.4 Å². The molecule has 13 heteroatoms. The maximum atomic E-state index is 12.5. The van der Waals surface area contributed by atoms with E-state index in [1.54, 1.807) is 12.5 Å². The fourth-order valence-electron chi connectivity index (χ4n) is 4.21. The Balaban J connectivity index is 1.20. The summed E-state index contributed by atoms with van der Waals surface area (Å²) >= 11 is -2.84. The van der Waals surface area contributed by atoms with E-state index in [1.165, 1.54) is 4.90 Å². The Morgan fingerprint density at radius 3 is 3.07 bits per heavy atom. The van der Waals surface area contributed by atoms with Gasteiger partial charge in [0.2, 0.25) is 0 Å². The molecular weight excluding hydrogens is 404 g/mol. The van der Waals surface area contributed by atoms with Crippen LogP contribution in [0.15, 0.2) is 18.7 Å². The molecule has 160 valence electrons. The molecule has 3 aliphatic rings. The van der Waals surface area contributed by atoms with Crippen LogP contribution in [0.1, 0.15) is 19.3 Å². The van der Waals surface area contributed by atoms with Gasteiger partial charge in [0.1, 0.15) is 17.4 Å².